The third kappa shape index (κ3) is 2.29. The number of hydrogen-bond donors (Lipinski definition) is 0. The average molecular weight is 335 g/mol. The molecule has 5 rings (SSSR count). The van der Waals surface area contributed by atoms with Gasteiger partial charge in [-0.1, -0.05) is 48.5 Å². The normalized spacial score (nSPS) is 11.3. The van der Waals surface area contributed by atoms with Crippen molar-refractivity contribution in [2.45, 2.75) is 6.92 Å². The van der Waals surface area contributed by atoms with Crippen LogP contribution in [-0.4, -0.2) is 14.8 Å². The minimum atomic E-state index is 1.01. The van der Waals surface area contributed by atoms with E-state index < -0.39 is 0 Å². The van der Waals surface area contributed by atoms with Gasteiger partial charge in [0.25, 0.3) is 0 Å². The Morgan fingerprint density at radius 1 is 0.808 bits per heavy atom. The second-order valence-corrected chi connectivity index (χ2v) is 6.45. The van der Waals surface area contributed by atoms with Crippen LogP contribution in [0.15, 0.2) is 85.1 Å². The second-order valence-electron chi connectivity index (χ2n) is 6.45. The standard InChI is InChI=1S/C23H17N3/c1-16-23-20(18-14-17-8-5-6-12-21(17)24-15-18)11-7-13-22(23)26(25-16)19-9-3-2-4-10-19/h2-15H,1H3. The highest BCUT2D eigenvalue weighted by Crippen LogP contribution is 2.33. The first kappa shape index (κ1) is 14.8. The molecule has 0 aliphatic rings. The van der Waals surface area contributed by atoms with Crippen molar-refractivity contribution in [2.24, 2.45) is 0 Å². The molecule has 2 aromatic heterocycles. The van der Waals surface area contributed by atoms with Gasteiger partial charge in [-0.15, -0.1) is 0 Å². The molecule has 3 nitrogen and oxygen atoms in total. The number of benzene rings is 3. The van der Waals surface area contributed by atoms with Crippen LogP contribution in [0.2, 0.25) is 0 Å². The third-order valence-electron chi connectivity index (χ3n) is 4.78. The van der Waals surface area contributed by atoms with Crippen LogP contribution in [0.5, 0.6) is 0 Å². The maximum atomic E-state index is 4.80. The van der Waals surface area contributed by atoms with Crippen LogP contribution in [-0.2, 0) is 0 Å². The first-order valence-electron chi connectivity index (χ1n) is 8.70. The highest BCUT2D eigenvalue weighted by molar-refractivity contribution is 5.99. The minimum absolute atomic E-state index is 1.01. The number of rotatable bonds is 2. The van der Waals surface area contributed by atoms with E-state index in [1.54, 1.807) is 0 Å². The molecule has 0 fully saturated rings. The van der Waals surface area contributed by atoms with E-state index >= 15 is 0 Å². The van der Waals surface area contributed by atoms with Gasteiger partial charge in [0.2, 0.25) is 0 Å². The lowest BCUT2D eigenvalue weighted by molar-refractivity contribution is 0.889. The van der Waals surface area contributed by atoms with Gasteiger partial charge < -0.3 is 0 Å². The van der Waals surface area contributed by atoms with Gasteiger partial charge in [-0.2, -0.15) is 5.10 Å². The molecule has 0 N–H and O–H groups in total. The molecular formula is C23H17N3. The molecule has 0 spiro atoms. The molecule has 0 saturated carbocycles. The Balaban J connectivity index is 1.77. The number of fused-ring (bicyclic) bond motifs is 2. The van der Waals surface area contributed by atoms with E-state index in [1.165, 1.54) is 10.9 Å². The zero-order chi connectivity index (χ0) is 17.5. The summed E-state index contributed by atoms with van der Waals surface area (Å²) in [5.41, 5.74) is 6.50. The van der Waals surface area contributed by atoms with Crippen molar-refractivity contribution in [3.8, 4) is 16.8 Å². The van der Waals surface area contributed by atoms with Gasteiger partial charge in [0.1, 0.15) is 0 Å². The van der Waals surface area contributed by atoms with Crippen molar-refractivity contribution >= 4 is 21.8 Å². The number of hydrogen-bond acceptors (Lipinski definition) is 2. The number of para-hydroxylation sites is 2. The SMILES string of the molecule is Cc1nn(-c2ccccc2)c2cccc(-c3cnc4ccccc4c3)c12. The summed E-state index contributed by atoms with van der Waals surface area (Å²) in [6.07, 6.45) is 1.95. The Kier molecular flexibility index (Phi) is 3.32. The number of aryl methyl sites for hydroxylation is 1. The van der Waals surface area contributed by atoms with E-state index in [1.807, 2.05) is 47.3 Å². The van der Waals surface area contributed by atoms with E-state index in [-0.39, 0.29) is 0 Å². The van der Waals surface area contributed by atoms with Crippen LogP contribution >= 0.6 is 0 Å². The molecule has 0 atom stereocenters. The fourth-order valence-electron chi connectivity index (χ4n) is 3.58. The van der Waals surface area contributed by atoms with Crippen molar-refractivity contribution in [1.29, 1.82) is 0 Å². The molecule has 0 aliphatic carbocycles. The summed E-state index contributed by atoms with van der Waals surface area (Å²) in [5, 5.41) is 7.13. The molecule has 0 bridgehead atoms. The van der Waals surface area contributed by atoms with Crippen LogP contribution in [0.25, 0.3) is 38.6 Å². The van der Waals surface area contributed by atoms with Gasteiger partial charge in [-0.3, -0.25) is 4.98 Å². The van der Waals surface area contributed by atoms with Gasteiger partial charge >= 0.3 is 0 Å². The molecule has 5 aromatic rings. The molecule has 3 heteroatoms. The predicted molar refractivity (Wildman–Crippen MR) is 107 cm³/mol. The summed E-state index contributed by atoms with van der Waals surface area (Å²) in [6.45, 7) is 2.07. The Hall–Kier alpha value is -3.46. The monoisotopic (exact) mass is 335 g/mol. The van der Waals surface area contributed by atoms with E-state index in [0.29, 0.717) is 0 Å². The highest BCUT2D eigenvalue weighted by Gasteiger charge is 2.14. The summed E-state index contributed by atoms with van der Waals surface area (Å²) in [6, 6.07) is 27.0. The Morgan fingerprint density at radius 3 is 2.50 bits per heavy atom. The largest absolute Gasteiger partial charge is 0.256 e. The Morgan fingerprint density at radius 2 is 1.62 bits per heavy atom. The summed E-state index contributed by atoms with van der Waals surface area (Å²) >= 11 is 0. The first-order valence-corrected chi connectivity index (χ1v) is 8.70. The summed E-state index contributed by atoms with van der Waals surface area (Å²) in [5.74, 6) is 0. The first-order chi connectivity index (χ1) is 12.8. The van der Waals surface area contributed by atoms with Crippen molar-refractivity contribution in [3.63, 3.8) is 0 Å². The number of aromatic nitrogens is 3. The minimum Gasteiger partial charge on any atom is -0.256 e. The van der Waals surface area contributed by atoms with Gasteiger partial charge in [-0.05, 0) is 42.8 Å². The summed E-state index contributed by atoms with van der Waals surface area (Å²) in [7, 11) is 0. The quantitative estimate of drug-likeness (QED) is 0.423. The van der Waals surface area contributed by atoms with Crippen LogP contribution in [0.4, 0.5) is 0 Å². The number of pyridine rings is 1. The summed E-state index contributed by atoms with van der Waals surface area (Å²) in [4.78, 5) is 4.63. The molecule has 2 heterocycles. The highest BCUT2D eigenvalue weighted by atomic mass is 15.3. The fraction of sp³-hybridized carbons (Fsp3) is 0.0435. The third-order valence-corrected chi connectivity index (χ3v) is 4.78. The molecule has 3 aromatic carbocycles. The lowest BCUT2D eigenvalue weighted by atomic mass is 10.0. The smallest absolute Gasteiger partial charge is 0.0750 e. The zero-order valence-electron chi connectivity index (χ0n) is 14.4. The van der Waals surface area contributed by atoms with Gasteiger partial charge in [0.15, 0.2) is 0 Å². The second kappa shape index (κ2) is 5.81. The van der Waals surface area contributed by atoms with E-state index in [2.05, 4.69) is 54.4 Å². The lowest BCUT2D eigenvalue weighted by Gasteiger charge is -2.07. The van der Waals surface area contributed by atoms with Crippen molar-refractivity contribution < 1.29 is 0 Å². The average Bonchev–Trinajstić information content (AvgIpc) is 3.05. The van der Waals surface area contributed by atoms with Crippen molar-refractivity contribution in [3.05, 3.63) is 90.8 Å². The topological polar surface area (TPSA) is 30.7 Å². The molecule has 26 heavy (non-hydrogen) atoms. The molecule has 0 unspecified atom stereocenters. The molecule has 124 valence electrons. The van der Waals surface area contributed by atoms with E-state index in [0.717, 1.165) is 33.4 Å². The van der Waals surface area contributed by atoms with Crippen LogP contribution in [0, 0.1) is 6.92 Å². The van der Waals surface area contributed by atoms with Gasteiger partial charge in [0.05, 0.1) is 22.4 Å². The molecule has 0 amide bonds. The van der Waals surface area contributed by atoms with E-state index in [4.69, 9.17) is 5.10 Å². The maximum absolute atomic E-state index is 4.80. The Bertz CT molecular complexity index is 1240. The van der Waals surface area contributed by atoms with E-state index in [9.17, 15) is 0 Å². The van der Waals surface area contributed by atoms with Crippen LogP contribution < -0.4 is 0 Å². The fourth-order valence-corrected chi connectivity index (χ4v) is 3.58. The number of nitrogens with zero attached hydrogens (tertiary/aromatic N) is 3. The molecule has 0 aliphatic heterocycles. The lowest BCUT2D eigenvalue weighted by Crippen LogP contribution is -1.95. The van der Waals surface area contributed by atoms with Crippen molar-refractivity contribution in [1.82, 2.24) is 14.8 Å². The summed E-state index contributed by atoms with van der Waals surface area (Å²) < 4.78 is 2.02. The van der Waals surface area contributed by atoms with Crippen LogP contribution in [0.1, 0.15) is 5.69 Å². The maximum Gasteiger partial charge on any atom is 0.0750 e. The van der Waals surface area contributed by atoms with Gasteiger partial charge in [-0.25, -0.2) is 4.68 Å². The predicted octanol–water partition coefficient (Wildman–Crippen LogP) is 5.55. The van der Waals surface area contributed by atoms with Crippen LogP contribution in [0.3, 0.4) is 0 Å². The zero-order valence-corrected chi connectivity index (χ0v) is 14.4. The molecule has 0 radical (unpaired) electrons. The molecular weight excluding hydrogens is 318 g/mol. The van der Waals surface area contributed by atoms with Crippen molar-refractivity contribution in [2.75, 3.05) is 0 Å². The van der Waals surface area contributed by atoms with Gasteiger partial charge in [0, 0.05) is 22.5 Å². The molecule has 0 saturated heterocycles. The Labute approximate surface area is 151 Å².